The summed E-state index contributed by atoms with van der Waals surface area (Å²) in [5, 5.41) is 8.50. The van der Waals surface area contributed by atoms with Crippen LogP contribution in [-0.4, -0.2) is 36.2 Å². The van der Waals surface area contributed by atoms with Gasteiger partial charge < -0.3 is 14.6 Å². The van der Waals surface area contributed by atoms with E-state index in [0.29, 0.717) is 19.4 Å². The Kier molecular flexibility index (Phi) is 8.25. The van der Waals surface area contributed by atoms with Crippen molar-refractivity contribution in [1.82, 2.24) is 0 Å². The summed E-state index contributed by atoms with van der Waals surface area (Å²) in [6, 6.07) is 0. The van der Waals surface area contributed by atoms with Gasteiger partial charge in [-0.05, 0) is 32.6 Å². The van der Waals surface area contributed by atoms with Crippen LogP contribution in [0.15, 0.2) is 11.6 Å². The van der Waals surface area contributed by atoms with Gasteiger partial charge in [0.1, 0.15) is 0 Å². The molecule has 0 atom stereocenters. The summed E-state index contributed by atoms with van der Waals surface area (Å²) in [5.41, 5.74) is 0.0521. The minimum atomic E-state index is -1.18. The Hall–Kier alpha value is -1.85. The average molecular weight is 312 g/mol. The molecular weight excluding hydrogens is 288 g/mol. The Morgan fingerprint density at radius 2 is 1.64 bits per heavy atom. The van der Waals surface area contributed by atoms with Gasteiger partial charge in [0.2, 0.25) is 0 Å². The van der Waals surface area contributed by atoms with Crippen molar-refractivity contribution >= 4 is 17.9 Å². The fraction of sp³-hybridized carbons (Fsp3) is 0.688. The van der Waals surface area contributed by atoms with Gasteiger partial charge in [0, 0.05) is 11.6 Å². The van der Waals surface area contributed by atoms with Crippen molar-refractivity contribution in [3.63, 3.8) is 0 Å². The number of carbonyl (C=O) groups excluding carboxylic acids is 2. The second kappa shape index (κ2) is 9.97. The first-order valence-electron chi connectivity index (χ1n) is 7.75. The molecule has 0 heterocycles. The van der Waals surface area contributed by atoms with Crippen molar-refractivity contribution in [2.24, 2.45) is 5.92 Å². The maximum atomic E-state index is 11.8. The van der Waals surface area contributed by atoms with E-state index in [1.54, 1.807) is 0 Å². The molecule has 0 unspecified atom stereocenters. The average Bonchev–Trinajstić information content (AvgIpc) is 2.50. The maximum Gasteiger partial charge on any atom is 0.333 e. The van der Waals surface area contributed by atoms with E-state index < -0.39 is 11.9 Å². The van der Waals surface area contributed by atoms with Crippen LogP contribution in [0.25, 0.3) is 0 Å². The second-order valence-electron chi connectivity index (χ2n) is 5.51. The highest BCUT2D eigenvalue weighted by atomic mass is 16.5. The summed E-state index contributed by atoms with van der Waals surface area (Å²) < 4.78 is 10.1. The van der Waals surface area contributed by atoms with Crippen molar-refractivity contribution in [2.75, 3.05) is 13.2 Å². The zero-order valence-electron chi connectivity index (χ0n) is 13.0. The molecule has 0 aromatic heterocycles. The Bertz CT molecular complexity index is 420. The number of aliphatic carboxylic acids is 1. The van der Waals surface area contributed by atoms with Crippen molar-refractivity contribution in [1.29, 1.82) is 0 Å². The van der Waals surface area contributed by atoms with E-state index in [2.05, 4.69) is 0 Å². The largest absolute Gasteiger partial charge is 0.478 e. The zero-order chi connectivity index (χ0) is 16.4. The highest BCUT2D eigenvalue weighted by Gasteiger charge is 2.22. The smallest absolute Gasteiger partial charge is 0.333 e. The number of unbranched alkanes of at least 4 members (excludes halogenated alkanes) is 1. The van der Waals surface area contributed by atoms with Gasteiger partial charge in [-0.25, -0.2) is 9.59 Å². The van der Waals surface area contributed by atoms with Gasteiger partial charge in [0.15, 0.2) is 0 Å². The lowest BCUT2D eigenvalue weighted by atomic mass is 9.89. The van der Waals surface area contributed by atoms with Crippen LogP contribution in [0, 0.1) is 5.92 Å². The first kappa shape index (κ1) is 18.2. The molecule has 1 aliphatic rings. The molecule has 0 aromatic carbocycles. The molecule has 0 amide bonds. The lowest BCUT2D eigenvalue weighted by Crippen LogP contribution is -2.20. The third kappa shape index (κ3) is 7.24. The fourth-order valence-corrected chi connectivity index (χ4v) is 2.36. The van der Waals surface area contributed by atoms with Gasteiger partial charge in [-0.2, -0.15) is 0 Å². The van der Waals surface area contributed by atoms with Crippen molar-refractivity contribution in [3.8, 4) is 0 Å². The molecule has 1 rings (SSSR count). The summed E-state index contributed by atoms with van der Waals surface area (Å²) in [7, 11) is 0. The normalized spacial score (nSPS) is 16.1. The summed E-state index contributed by atoms with van der Waals surface area (Å²) >= 11 is 0. The topological polar surface area (TPSA) is 89.9 Å². The molecule has 1 saturated carbocycles. The third-order valence-electron chi connectivity index (χ3n) is 3.62. The highest BCUT2D eigenvalue weighted by molar-refractivity contribution is 5.95. The third-order valence-corrected chi connectivity index (χ3v) is 3.62. The van der Waals surface area contributed by atoms with Gasteiger partial charge in [0.25, 0.3) is 0 Å². The molecule has 0 saturated heterocycles. The van der Waals surface area contributed by atoms with Crippen LogP contribution < -0.4 is 0 Å². The van der Waals surface area contributed by atoms with E-state index in [-0.39, 0.29) is 24.1 Å². The van der Waals surface area contributed by atoms with E-state index in [0.717, 1.165) is 31.8 Å². The molecule has 0 radical (unpaired) electrons. The lowest BCUT2D eigenvalue weighted by Gasteiger charge is -2.19. The van der Waals surface area contributed by atoms with Gasteiger partial charge in [-0.15, -0.1) is 0 Å². The monoisotopic (exact) mass is 312 g/mol. The van der Waals surface area contributed by atoms with E-state index in [1.165, 1.54) is 13.3 Å². The Labute approximate surface area is 130 Å². The number of hydrogen-bond acceptors (Lipinski definition) is 5. The standard InChI is InChI=1S/C16H24O6/c1-12(11-14(17)18)15(19)21-9-5-6-10-22-16(20)13-7-3-2-4-8-13/h11,13H,2-10H2,1H3,(H,17,18). The molecule has 1 fully saturated rings. The molecule has 6 nitrogen and oxygen atoms in total. The van der Waals surface area contributed by atoms with Gasteiger partial charge in [0.05, 0.1) is 19.1 Å². The Morgan fingerprint density at radius 3 is 2.23 bits per heavy atom. The molecule has 0 aromatic rings. The Balaban J connectivity index is 2.07. The minimum Gasteiger partial charge on any atom is -0.478 e. The predicted molar refractivity (Wildman–Crippen MR) is 79.1 cm³/mol. The molecule has 0 aliphatic heterocycles. The summed E-state index contributed by atoms with van der Waals surface area (Å²) in [6.07, 6.45) is 7.24. The van der Waals surface area contributed by atoms with Crippen molar-refractivity contribution in [2.45, 2.75) is 51.9 Å². The van der Waals surface area contributed by atoms with Gasteiger partial charge in [-0.3, -0.25) is 4.79 Å². The summed E-state index contributed by atoms with van der Waals surface area (Å²) in [6.45, 7) is 1.91. The van der Waals surface area contributed by atoms with Crippen LogP contribution in [0.4, 0.5) is 0 Å². The van der Waals surface area contributed by atoms with Crippen LogP contribution in [0.3, 0.4) is 0 Å². The maximum absolute atomic E-state index is 11.8. The van der Waals surface area contributed by atoms with Crippen LogP contribution >= 0.6 is 0 Å². The van der Waals surface area contributed by atoms with Crippen molar-refractivity contribution < 1.29 is 29.0 Å². The molecule has 124 valence electrons. The fourth-order valence-electron chi connectivity index (χ4n) is 2.36. The lowest BCUT2D eigenvalue weighted by molar-refractivity contribution is -0.150. The first-order valence-corrected chi connectivity index (χ1v) is 7.75. The van der Waals surface area contributed by atoms with E-state index in [4.69, 9.17) is 14.6 Å². The van der Waals surface area contributed by atoms with Crippen LogP contribution in [0.2, 0.25) is 0 Å². The van der Waals surface area contributed by atoms with E-state index in [1.807, 2.05) is 0 Å². The highest BCUT2D eigenvalue weighted by Crippen LogP contribution is 2.24. The van der Waals surface area contributed by atoms with Crippen LogP contribution in [0.5, 0.6) is 0 Å². The number of carbonyl (C=O) groups is 3. The first-order chi connectivity index (χ1) is 10.5. The number of carboxylic acid groups (broad SMARTS) is 1. The van der Waals surface area contributed by atoms with Crippen LogP contribution in [-0.2, 0) is 23.9 Å². The molecule has 6 heteroatoms. The number of carboxylic acids is 1. The number of rotatable bonds is 8. The second-order valence-corrected chi connectivity index (χ2v) is 5.51. The molecule has 1 aliphatic carbocycles. The summed E-state index contributed by atoms with van der Waals surface area (Å²) in [5.74, 6) is -1.88. The number of ether oxygens (including phenoxy) is 2. The van der Waals surface area contributed by atoms with Crippen LogP contribution in [0.1, 0.15) is 51.9 Å². The number of esters is 2. The van der Waals surface area contributed by atoms with Crippen molar-refractivity contribution in [3.05, 3.63) is 11.6 Å². The van der Waals surface area contributed by atoms with E-state index >= 15 is 0 Å². The molecular formula is C16H24O6. The zero-order valence-corrected chi connectivity index (χ0v) is 13.0. The molecule has 0 bridgehead atoms. The minimum absolute atomic E-state index is 0.0513. The predicted octanol–water partition coefficient (Wildman–Crippen LogP) is 2.46. The summed E-state index contributed by atoms with van der Waals surface area (Å²) in [4.78, 5) is 33.5. The SMILES string of the molecule is CC(=CC(=O)O)C(=O)OCCCCOC(=O)C1CCCCC1. The molecule has 22 heavy (non-hydrogen) atoms. The molecule has 1 N–H and O–H groups in total. The van der Waals surface area contributed by atoms with Gasteiger partial charge >= 0.3 is 17.9 Å². The Morgan fingerprint density at radius 1 is 1.05 bits per heavy atom. The number of hydrogen-bond donors (Lipinski definition) is 1. The van der Waals surface area contributed by atoms with E-state index in [9.17, 15) is 14.4 Å². The molecule has 0 spiro atoms. The quantitative estimate of drug-likeness (QED) is 0.420. The van der Waals surface area contributed by atoms with Gasteiger partial charge in [-0.1, -0.05) is 19.3 Å².